The second-order valence-electron chi connectivity index (χ2n) is 11.1. The van der Waals surface area contributed by atoms with E-state index in [9.17, 15) is 15.3 Å². The Morgan fingerprint density at radius 3 is 2.59 bits per heavy atom. The van der Waals surface area contributed by atoms with Gasteiger partial charge >= 0.3 is 0 Å². The summed E-state index contributed by atoms with van der Waals surface area (Å²) in [6, 6.07) is 0. The fourth-order valence-electron chi connectivity index (χ4n) is 6.78. The molecule has 32 heavy (non-hydrogen) atoms. The van der Waals surface area contributed by atoms with Crippen molar-refractivity contribution in [1.29, 1.82) is 0 Å². The van der Waals surface area contributed by atoms with Gasteiger partial charge in [-0.2, -0.15) is 0 Å². The van der Waals surface area contributed by atoms with Crippen molar-refractivity contribution in [1.82, 2.24) is 0 Å². The van der Waals surface area contributed by atoms with Crippen LogP contribution in [0.2, 0.25) is 0 Å². The summed E-state index contributed by atoms with van der Waals surface area (Å²) in [6.07, 6.45) is 17.4. The molecule has 0 aromatic carbocycles. The van der Waals surface area contributed by atoms with Gasteiger partial charge in [0.25, 0.3) is 0 Å². The first kappa shape index (κ1) is 25.5. The van der Waals surface area contributed by atoms with E-state index in [0.29, 0.717) is 36.0 Å². The minimum Gasteiger partial charge on any atom is -0.393 e. The van der Waals surface area contributed by atoms with Crippen molar-refractivity contribution in [3.05, 3.63) is 47.6 Å². The lowest BCUT2D eigenvalue weighted by atomic mass is 9.61. The van der Waals surface area contributed by atoms with Gasteiger partial charge in [0.05, 0.1) is 17.8 Å². The Kier molecular flexibility index (Phi) is 8.28. The van der Waals surface area contributed by atoms with Crippen LogP contribution in [0.15, 0.2) is 47.6 Å². The largest absolute Gasteiger partial charge is 0.393 e. The maximum absolute atomic E-state index is 10.6. The van der Waals surface area contributed by atoms with Gasteiger partial charge in [0.15, 0.2) is 0 Å². The number of fused-ring (bicyclic) bond motifs is 1. The van der Waals surface area contributed by atoms with Crippen LogP contribution >= 0.6 is 0 Å². The number of aliphatic hydroxyl groups is 3. The van der Waals surface area contributed by atoms with E-state index in [1.54, 1.807) is 5.57 Å². The molecule has 3 heteroatoms. The van der Waals surface area contributed by atoms with Gasteiger partial charge in [-0.15, -0.1) is 0 Å². The minimum absolute atomic E-state index is 0.320. The smallest absolute Gasteiger partial charge is 0.0811 e. The van der Waals surface area contributed by atoms with Crippen molar-refractivity contribution in [2.45, 2.75) is 110 Å². The molecule has 3 aliphatic rings. The topological polar surface area (TPSA) is 60.7 Å². The first-order chi connectivity index (χ1) is 15.1. The van der Waals surface area contributed by atoms with Crippen molar-refractivity contribution in [3.8, 4) is 0 Å². The molecule has 3 nitrogen and oxygen atoms in total. The molecule has 0 heterocycles. The summed E-state index contributed by atoms with van der Waals surface area (Å²) in [5, 5.41) is 30.8. The van der Waals surface area contributed by atoms with Crippen molar-refractivity contribution in [3.63, 3.8) is 0 Å². The predicted octanol–water partition coefficient (Wildman–Crippen LogP) is 6.26. The molecule has 3 N–H and O–H groups in total. The van der Waals surface area contributed by atoms with E-state index in [4.69, 9.17) is 0 Å². The van der Waals surface area contributed by atoms with Crippen molar-refractivity contribution < 1.29 is 15.3 Å². The third-order valence-electron chi connectivity index (χ3n) is 9.19. The summed E-state index contributed by atoms with van der Waals surface area (Å²) in [6.45, 7) is 13.1. The van der Waals surface area contributed by atoms with Crippen LogP contribution < -0.4 is 0 Å². The summed E-state index contributed by atoms with van der Waals surface area (Å²) in [5.74, 6) is 1.80. The first-order valence-corrected chi connectivity index (χ1v) is 13.0. The van der Waals surface area contributed by atoms with Gasteiger partial charge in [0.1, 0.15) is 0 Å². The van der Waals surface area contributed by atoms with E-state index in [1.165, 1.54) is 25.7 Å². The van der Waals surface area contributed by atoms with Gasteiger partial charge in [0, 0.05) is 6.42 Å². The normalized spacial score (nSPS) is 37.4. The van der Waals surface area contributed by atoms with Crippen LogP contribution in [0.3, 0.4) is 0 Å². The van der Waals surface area contributed by atoms with Gasteiger partial charge in [-0.05, 0) is 92.1 Å². The third-order valence-corrected chi connectivity index (χ3v) is 9.19. The highest BCUT2D eigenvalue weighted by Gasteiger charge is 2.50. The molecule has 3 rings (SSSR count). The van der Waals surface area contributed by atoms with Gasteiger partial charge < -0.3 is 15.3 Å². The Hall–Kier alpha value is -1.16. The van der Waals surface area contributed by atoms with Crippen LogP contribution in [0, 0.1) is 23.2 Å². The quantitative estimate of drug-likeness (QED) is 0.408. The Bertz CT molecular complexity index is 756. The molecular formula is C29H46O3. The van der Waals surface area contributed by atoms with Crippen LogP contribution in [-0.2, 0) is 0 Å². The highest BCUT2D eigenvalue weighted by Crippen LogP contribution is 2.59. The lowest BCUT2D eigenvalue weighted by Gasteiger charge is -2.44. The number of rotatable bonds is 7. The van der Waals surface area contributed by atoms with E-state index < -0.39 is 17.8 Å². The molecule has 0 saturated heterocycles. The standard InChI is InChI=1S/C29H46O3/c1-6-29(32,7-2)17-8-10-20(3)25-14-15-26-22(11-9-16-28(25,26)5)12-13-23-18-24(30)19-27(31)21(23)4/h8,10,12-13,20,24-27,30-32H,4,6-7,9,11,14-19H2,1-3,5H3/b10-8+,22-12+,23-13-/t20-,24-,25-,26+,27+,28-/m1/s1. The maximum Gasteiger partial charge on any atom is 0.0811 e. The molecule has 0 aromatic heterocycles. The van der Waals surface area contributed by atoms with Crippen LogP contribution in [0.4, 0.5) is 0 Å². The molecule has 3 aliphatic carbocycles. The maximum atomic E-state index is 10.6. The number of hydrogen-bond acceptors (Lipinski definition) is 3. The van der Waals surface area contributed by atoms with Gasteiger partial charge in [-0.3, -0.25) is 0 Å². The molecule has 0 amide bonds. The molecule has 3 saturated carbocycles. The van der Waals surface area contributed by atoms with E-state index in [1.807, 2.05) is 0 Å². The van der Waals surface area contributed by atoms with Crippen molar-refractivity contribution in [2.75, 3.05) is 0 Å². The fraction of sp³-hybridized carbons (Fsp3) is 0.724. The molecule has 0 radical (unpaired) electrons. The van der Waals surface area contributed by atoms with E-state index in [0.717, 1.165) is 36.8 Å². The van der Waals surface area contributed by atoms with Crippen LogP contribution in [0.25, 0.3) is 0 Å². The van der Waals surface area contributed by atoms with E-state index in [-0.39, 0.29) is 0 Å². The molecule has 0 bridgehead atoms. The number of hydrogen-bond donors (Lipinski definition) is 3. The second kappa shape index (κ2) is 10.4. The zero-order valence-corrected chi connectivity index (χ0v) is 20.8. The molecule has 0 aliphatic heterocycles. The van der Waals surface area contributed by atoms with Gasteiger partial charge in [0.2, 0.25) is 0 Å². The molecular weight excluding hydrogens is 396 g/mol. The summed E-state index contributed by atoms with van der Waals surface area (Å²) in [4.78, 5) is 0. The molecule has 0 unspecified atom stereocenters. The second-order valence-corrected chi connectivity index (χ2v) is 11.1. The molecule has 6 atom stereocenters. The molecule has 0 spiro atoms. The van der Waals surface area contributed by atoms with Gasteiger partial charge in [-0.1, -0.05) is 64.2 Å². The number of aliphatic hydroxyl groups excluding tert-OH is 2. The zero-order valence-electron chi connectivity index (χ0n) is 20.8. The Balaban J connectivity index is 1.72. The minimum atomic E-state index is -0.624. The molecule has 0 aromatic rings. The zero-order chi connectivity index (χ0) is 23.5. The average molecular weight is 443 g/mol. The molecule has 3 fully saturated rings. The predicted molar refractivity (Wildman–Crippen MR) is 133 cm³/mol. The Labute approximate surface area is 196 Å². The Morgan fingerprint density at radius 2 is 1.91 bits per heavy atom. The van der Waals surface area contributed by atoms with E-state index in [2.05, 4.69) is 58.6 Å². The van der Waals surface area contributed by atoms with Gasteiger partial charge in [-0.25, -0.2) is 0 Å². The number of allylic oxidation sites excluding steroid dienone is 4. The SMILES string of the molecule is C=C1/C(=C\C=C2/CCC[C@]3(C)[C@@H]([C@H](C)/C=C/CC(O)(CC)CC)CC[C@@H]23)C[C@@H](O)C[C@@H]1O. The average Bonchev–Trinajstić information content (AvgIpc) is 3.12. The summed E-state index contributed by atoms with van der Waals surface area (Å²) >= 11 is 0. The first-order valence-electron chi connectivity index (χ1n) is 13.0. The van der Waals surface area contributed by atoms with Crippen molar-refractivity contribution >= 4 is 0 Å². The van der Waals surface area contributed by atoms with Crippen LogP contribution in [0.1, 0.15) is 91.9 Å². The summed E-state index contributed by atoms with van der Waals surface area (Å²) in [5.41, 5.74) is 3.07. The lowest BCUT2D eigenvalue weighted by Crippen LogP contribution is -2.35. The highest BCUT2D eigenvalue weighted by atomic mass is 16.3. The third kappa shape index (κ3) is 5.32. The highest BCUT2D eigenvalue weighted by molar-refractivity contribution is 5.38. The van der Waals surface area contributed by atoms with Crippen LogP contribution in [-0.4, -0.2) is 33.1 Å². The summed E-state index contributed by atoms with van der Waals surface area (Å²) in [7, 11) is 0. The van der Waals surface area contributed by atoms with Crippen molar-refractivity contribution in [2.24, 2.45) is 23.2 Å². The monoisotopic (exact) mass is 442 g/mol. The molecule has 180 valence electrons. The fourth-order valence-corrected chi connectivity index (χ4v) is 6.78. The Morgan fingerprint density at radius 1 is 1.19 bits per heavy atom. The van der Waals surface area contributed by atoms with Crippen LogP contribution in [0.5, 0.6) is 0 Å². The summed E-state index contributed by atoms with van der Waals surface area (Å²) < 4.78 is 0. The lowest BCUT2D eigenvalue weighted by molar-refractivity contribution is 0.0351. The van der Waals surface area contributed by atoms with E-state index >= 15 is 0 Å².